The number of hydrogen-bond donors (Lipinski definition) is 1. The van der Waals surface area contributed by atoms with Gasteiger partial charge in [0.2, 0.25) is 5.91 Å². The van der Waals surface area contributed by atoms with E-state index in [4.69, 9.17) is 4.74 Å². The first-order valence-corrected chi connectivity index (χ1v) is 10.8. The fraction of sp³-hybridized carbons (Fsp3) is 0.231. The lowest BCUT2D eigenvalue weighted by molar-refractivity contribution is -0.115. The molecule has 4 rings (SSSR count). The average Bonchev–Trinajstić information content (AvgIpc) is 2.82. The van der Waals surface area contributed by atoms with E-state index in [1.807, 2.05) is 83.8 Å². The SMILES string of the molecule is COc1ccccc1CN1CCCN(c2ccc(NC(=O)Cc3ccccc3)cc2)C1=O. The third kappa shape index (κ3) is 5.09. The molecule has 1 fully saturated rings. The number of ether oxygens (including phenoxy) is 1. The van der Waals surface area contributed by atoms with Crippen molar-refractivity contribution in [2.75, 3.05) is 30.4 Å². The molecule has 1 aliphatic heterocycles. The summed E-state index contributed by atoms with van der Waals surface area (Å²) in [6.07, 6.45) is 1.21. The average molecular weight is 430 g/mol. The fourth-order valence-electron chi connectivity index (χ4n) is 3.92. The van der Waals surface area contributed by atoms with E-state index in [9.17, 15) is 9.59 Å². The second kappa shape index (κ2) is 10.0. The van der Waals surface area contributed by atoms with E-state index in [2.05, 4.69) is 5.32 Å². The van der Waals surface area contributed by atoms with Crippen LogP contribution >= 0.6 is 0 Å². The van der Waals surface area contributed by atoms with Gasteiger partial charge in [0.25, 0.3) is 0 Å². The normalized spacial score (nSPS) is 13.7. The number of rotatable bonds is 7. The van der Waals surface area contributed by atoms with Gasteiger partial charge in [-0.2, -0.15) is 0 Å². The van der Waals surface area contributed by atoms with Gasteiger partial charge in [0.15, 0.2) is 0 Å². The highest BCUT2D eigenvalue weighted by atomic mass is 16.5. The zero-order valence-electron chi connectivity index (χ0n) is 18.2. The van der Waals surface area contributed by atoms with E-state index in [1.165, 1.54) is 0 Å². The minimum Gasteiger partial charge on any atom is -0.496 e. The Hall–Kier alpha value is -3.80. The molecule has 0 radical (unpaired) electrons. The molecule has 1 saturated heterocycles. The molecule has 32 heavy (non-hydrogen) atoms. The van der Waals surface area contributed by atoms with Crippen LogP contribution in [0.2, 0.25) is 0 Å². The molecule has 6 nitrogen and oxygen atoms in total. The Kier molecular flexibility index (Phi) is 6.70. The Balaban J connectivity index is 1.39. The molecule has 164 valence electrons. The molecule has 0 saturated carbocycles. The van der Waals surface area contributed by atoms with Gasteiger partial charge < -0.3 is 15.0 Å². The summed E-state index contributed by atoms with van der Waals surface area (Å²) in [7, 11) is 1.64. The zero-order chi connectivity index (χ0) is 22.3. The first kappa shape index (κ1) is 21.4. The van der Waals surface area contributed by atoms with Crippen LogP contribution < -0.4 is 15.0 Å². The van der Waals surface area contributed by atoms with Crippen LogP contribution in [-0.4, -0.2) is 37.0 Å². The summed E-state index contributed by atoms with van der Waals surface area (Å²) in [5.74, 6) is 0.717. The van der Waals surface area contributed by atoms with Crippen LogP contribution in [0.4, 0.5) is 16.2 Å². The molecule has 3 aromatic rings. The second-order valence-electron chi connectivity index (χ2n) is 7.78. The Morgan fingerprint density at radius 1 is 0.938 bits per heavy atom. The van der Waals surface area contributed by atoms with Crippen LogP contribution in [0.15, 0.2) is 78.9 Å². The van der Waals surface area contributed by atoms with Crippen LogP contribution in [-0.2, 0) is 17.8 Å². The number of nitrogens with one attached hydrogen (secondary N) is 1. The summed E-state index contributed by atoms with van der Waals surface area (Å²) in [6, 6.07) is 24.8. The topological polar surface area (TPSA) is 61.9 Å². The minimum absolute atomic E-state index is 0.0250. The minimum atomic E-state index is -0.0685. The van der Waals surface area contributed by atoms with Crippen molar-refractivity contribution in [2.24, 2.45) is 0 Å². The largest absolute Gasteiger partial charge is 0.496 e. The number of carbonyl (C=O) groups excluding carboxylic acids is 2. The first-order chi connectivity index (χ1) is 15.6. The molecule has 0 bridgehead atoms. The molecule has 1 heterocycles. The quantitative estimate of drug-likeness (QED) is 0.592. The molecule has 3 amide bonds. The summed E-state index contributed by atoms with van der Waals surface area (Å²) >= 11 is 0. The summed E-state index contributed by atoms with van der Waals surface area (Å²) < 4.78 is 5.43. The van der Waals surface area contributed by atoms with Crippen molar-refractivity contribution >= 4 is 23.3 Å². The van der Waals surface area contributed by atoms with Gasteiger partial charge in [-0.05, 0) is 42.3 Å². The molecule has 0 unspecified atom stereocenters. The number of methoxy groups -OCH3 is 1. The van der Waals surface area contributed by atoms with Crippen molar-refractivity contribution < 1.29 is 14.3 Å². The van der Waals surface area contributed by atoms with Gasteiger partial charge in [-0.3, -0.25) is 9.69 Å². The second-order valence-corrected chi connectivity index (χ2v) is 7.78. The summed E-state index contributed by atoms with van der Waals surface area (Å²) in [6.45, 7) is 1.88. The number of urea groups is 1. The third-order valence-corrected chi connectivity index (χ3v) is 5.54. The van der Waals surface area contributed by atoms with Gasteiger partial charge in [0, 0.05) is 30.0 Å². The van der Waals surface area contributed by atoms with Crippen molar-refractivity contribution in [1.82, 2.24) is 4.90 Å². The number of anilines is 2. The summed E-state index contributed by atoms with van der Waals surface area (Å²) in [4.78, 5) is 29.1. The lowest BCUT2D eigenvalue weighted by Crippen LogP contribution is -2.49. The molecule has 0 spiro atoms. The fourth-order valence-corrected chi connectivity index (χ4v) is 3.92. The van der Waals surface area contributed by atoms with Gasteiger partial charge in [0.1, 0.15) is 5.75 Å². The van der Waals surface area contributed by atoms with Gasteiger partial charge in [-0.15, -0.1) is 0 Å². The Bertz CT molecular complexity index is 1070. The molecule has 1 N–H and O–H groups in total. The van der Waals surface area contributed by atoms with E-state index < -0.39 is 0 Å². The maximum Gasteiger partial charge on any atom is 0.324 e. The first-order valence-electron chi connectivity index (χ1n) is 10.8. The lowest BCUT2D eigenvalue weighted by atomic mass is 10.1. The van der Waals surface area contributed by atoms with E-state index in [1.54, 1.807) is 12.0 Å². The van der Waals surface area contributed by atoms with E-state index in [0.29, 0.717) is 31.7 Å². The maximum absolute atomic E-state index is 13.1. The molecule has 6 heteroatoms. The van der Waals surface area contributed by atoms with Crippen LogP contribution in [0.5, 0.6) is 5.75 Å². The number of nitrogens with zero attached hydrogens (tertiary/aromatic N) is 2. The predicted molar refractivity (Wildman–Crippen MR) is 126 cm³/mol. The standard InChI is InChI=1S/C26H27N3O3/c1-32-24-11-6-5-10-21(24)19-28-16-7-17-29(26(28)31)23-14-12-22(13-15-23)27-25(30)18-20-8-3-2-4-9-20/h2-6,8-15H,7,16-19H2,1H3,(H,27,30). The smallest absolute Gasteiger partial charge is 0.324 e. The molecular weight excluding hydrogens is 402 g/mol. The number of benzene rings is 3. The van der Waals surface area contributed by atoms with E-state index >= 15 is 0 Å². The van der Waals surface area contributed by atoms with Crippen LogP contribution in [0.25, 0.3) is 0 Å². The Morgan fingerprint density at radius 3 is 2.41 bits per heavy atom. The Morgan fingerprint density at radius 2 is 1.66 bits per heavy atom. The Labute approximate surface area is 188 Å². The third-order valence-electron chi connectivity index (χ3n) is 5.54. The van der Waals surface area contributed by atoms with Gasteiger partial charge in [-0.1, -0.05) is 48.5 Å². The van der Waals surface area contributed by atoms with Crippen molar-refractivity contribution in [2.45, 2.75) is 19.4 Å². The molecule has 1 aliphatic rings. The number of para-hydroxylation sites is 1. The van der Waals surface area contributed by atoms with E-state index in [0.717, 1.165) is 29.0 Å². The number of amides is 3. The molecule has 0 aliphatic carbocycles. The van der Waals surface area contributed by atoms with Crippen molar-refractivity contribution in [1.29, 1.82) is 0 Å². The molecule has 0 aromatic heterocycles. The van der Waals surface area contributed by atoms with Crippen LogP contribution in [0.1, 0.15) is 17.5 Å². The van der Waals surface area contributed by atoms with Gasteiger partial charge in [-0.25, -0.2) is 4.79 Å². The molecule has 0 atom stereocenters. The van der Waals surface area contributed by atoms with Crippen molar-refractivity contribution in [3.63, 3.8) is 0 Å². The van der Waals surface area contributed by atoms with Gasteiger partial charge in [0.05, 0.1) is 20.1 Å². The lowest BCUT2D eigenvalue weighted by Gasteiger charge is -2.36. The molecular formula is C26H27N3O3. The highest BCUT2D eigenvalue weighted by Crippen LogP contribution is 2.25. The maximum atomic E-state index is 13.1. The monoisotopic (exact) mass is 429 g/mol. The highest BCUT2D eigenvalue weighted by Gasteiger charge is 2.27. The predicted octanol–water partition coefficient (Wildman–Crippen LogP) is 4.71. The molecule has 3 aromatic carbocycles. The van der Waals surface area contributed by atoms with Crippen molar-refractivity contribution in [3.8, 4) is 5.75 Å². The van der Waals surface area contributed by atoms with Crippen LogP contribution in [0.3, 0.4) is 0 Å². The van der Waals surface area contributed by atoms with E-state index in [-0.39, 0.29) is 11.9 Å². The van der Waals surface area contributed by atoms with Crippen LogP contribution in [0, 0.1) is 0 Å². The summed E-state index contributed by atoms with van der Waals surface area (Å²) in [5.41, 5.74) is 3.49. The summed E-state index contributed by atoms with van der Waals surface area (Å²) in [5, 5.41) is 2.92. The number of carbonyl (C=O) groups is 2. The zero-order valence-corrected chi connectivity index (χ0v) is 18.2. The van der Waals surface area contributed by atoms with Gasteiger partial charge >= 0.3 is 6.03 Å². The number of hydrogen-bond acceptors (Lipinski definition) is 3. The highest BCUT2D eigenvalue weighted by molar-refractivity contribution is 5.94. The van der Waals surface area contributed by atoms with Crippen molar-refractivity contribution in [3.05, 3.63) is 90.0 Å².